The highest BCUT2D eigenvalue weighted by molar-refractivity contribution is 5.36. The van der Waals surface area contributed by atoms with Gasteiger partial charge in [0.15, 0.2) is 5.82 Å². The van der Waals surface area contributed by atoms with Crippen molar-refractivity contribution in [2.75, 3.05) is 12.0 Å². The van der Waals surface area contributed by atoms with E-state index in [4.69, 9.17) is 10.6 Å². The first kappa shape index (κ1) is 13.9. The van der Waals surface area contributed by atoms with Crippen LogP contribution in [0.4, 0.5) is 5.82 Å². The van der Waals surface area contributed by atoms with Crippen molar-refractivity contribution in [3.8, 4) is 0 Å². The van der Waals surface area contributed by atoms with Crippen molar-refractivity contribution in [2.24, 2.45) is 5.84 Å². The second-order valence-electron chi connectivity index (χ2n) is 4.99. The van der Waals surface area contributed by atoms with E-state index in [2.05, 4.69) is 36.2 Å². The van der Waals surface area contributed by atoms with E-state index in [1.165, 1.54) is 0 Å². The molecule has 0 saturated heterocycles. The highest BCUT2D eigenvalue weighted by atomic mass is 16.5. The summed E-state index contributed by atoms with van der Waals surface area (Å²) in [5.74, 6) is 6.70. The molecular weight excluding hydrogens is 216 g/mol. The van der Waals surface area contributed by atoms with Crippen molar-refractivity contribution in [3.05, 3.63) is 17.6 Å². The van der Waals surface area contributed by atoms with E-state index < -0.39 is 0 Å². The SMILES string of the molecule is CCOC(C)c1nc(NN)cc(C(C)(C)C)n1. The molecule has 3 N–H and O–H groups in total. The van der Waals surface area contributed by atoms with Gasteiger partial charge in [-0.1, -0.05) is 20.8 Å². The van der Waals surface area contributed by atoms with E-state index >= 15 is 0 Å². The maximum Gasteiger partial charge on any atom is 0.159 e. The van der Waals surface area contributed by atoms with Crippen LogP contribution in [0, 0.1) is 0 Å². The molecule has 1 heterocycles. The summed E-state index contributed by atoms with van der Waals surface area (Å²) in [6.07, 6.45) is -0.130. The van der Waals surface area contributed by atoms with Crippen LogP contribution < -0.4 is 11.3 Å². The fourth-order valence-electron chi connectivity index (χ4n) is 1.43. The van der Waals surface area contributed by atoms with Gasteiger partial charge < -0.3 is 10.2 Å². The highest BCUT2D eigenvalue weighted by Gasteiger charge is 2.19. The number of nitrogen functional groups attached to an aromatic ring is 1. The molecule has 0 amide bonds. The zero-order valence-corrected chi connectivity index (χ0v) is 11.2. The molecule has 0 aromatic carbocycles. The molecule has 1 unspecified atom stereocenters. The Hall–Kier alpha value is -1.20. The summed E-state index contributed by atoms with van der Waals surface area (Å²) in [6, 6.07) is 1.86. The summed E-state index contributed by atoms with van der Waals surface area (Å²) in [6.45, 7) is 10.8. The number of nitrogens with one attached hydrogen (secondary N) is 1. The lowest BCUT2D eigenvalue weighted by molar-refractivity contribution is 0.0698. The Kier molecular flexibility index (Phi) is 4.42. The van der Waals surface area contributed by atoms with E-state index in [0.29, 0.717) is 18.2 Å². The first-order valence-corrected chi connectivity index (χ1v) is 5.86. The molecule has 0 bridgehead atoms. The van der Waals surface area contributed by atoms with Gasteiger partial charge >= 0.3 is 0 Å². The van der Waals surface area contributed by atoms with E-state index in [-0.39, 0.29) is 11.5 Å². The lowest BCUT2D eigenvalue weighted by Gasteiger charge is -2.20. The van der Waals surface area contributed by atoms with Crippen molar-refractivity contribution >= 4 is 5.82 Å². The Morgan fingerprint density at radius 3 is 2.53 bits per heavy atom. The summed E-state index contributed by atoms with van der Waals surface area (Å²) in [4.78, 5) is 8.85. The van der Waals surface area contributed by atoms with Gasteiger partial charge in [0.25, 0.3) is 0 Å². The molecule has 0 saturated carbocycles. The van der Waals surface area contributed by atoms with Crippen LogP contribution in [0.1, 0.15) is 52.2 Å². The zero-order chi connectivity index (χ0) is 13.1. The Morgan fingerprint density at radius 2 is 2.06 bits per heavy atom. The maximum absolute atomic E-state index is 5.50. The number of hydrogen-bond donors (Lipinski definition) is 2. The third kappa shape index (κ3) is 3.64. The molecule has 96 valence electrons. The van der Waals surface area contributed by atoms with E-state index in [9.17, 15) is 0 Å². The standard InChI is InChI=1S/C12H22N4O/c1-6-17-8(2)11-14-9(12(3,4)5)7-10(15-11)16-13/h7-8H,6,13H2,1-5H3,(H,14,15,16). The van der Waals surface area contributed by atoms with Gasteiger partial charge in [-0.2, -0.15) is 0 Å². The Labute approximate surface area is 103 Å². The molecule has 0 aliphatic carbocycles. The molecule has 5 heteroatoms. The van der Waals surface area contributed by atoms with Gasteiger partial charge in [0.1, 0.15) is 11.9 Å². The normalized spacial score (nSPS) is 13.5. The number of hydrazine groups is 1. The first-order chi connectivity index (χ1) is 7.88. The summed E-state index contributed by atoms with van der Waals surface area (Å²) in [5.41, 5.74) is 3.47. The summed E-state index contributed by atoms with van der Waals surface area (Å²) >= 11 is 0. The van der Waals surface area contributed by atoms with Crippen LogP contribution in [0.3, 0.4) is 0 Å². The Bertz CT molecular complexity index is 373. The molecular formula is C12H22N4O. The zero-order valence-electron chi connectivity index (χ0n) is 11.2. The van der Waals surface area contributed by atoms with E-state index in [1.807, 2.05) is 19.9 Å². The average Bonchev–Trinajstić information content (AvgIpc) is 2.27. The minimum absolute atomic E-state index is 0.0464. The number of hydrogen-bond acceptors (Lipinski definition) is 5. The van der Waals surface area contributed by atoms with Crippen molar-refractivity contribution in [1.82, 2.24) is 9.97 Å². The quantitative estimate of drug-likeness (QED) is 0.621. The van der Waals surface area contributed by atoms with Crippen molar-refractivity contribution in [2.45, 2.75) is 46.1 Å². The number of nitrogens with two attached hydrogens (primary N) is 1. The third-order valence-electron chi connectivity index (χ3n) is 2.44. The molecule has 1 rings (SSSR count). The molecule has 1 aromatic heterocycles. The lowest BCUT2D eigenvalue weighted by Crippen LogP contribution is -2.19. The number of nitrogens with zero attached hydrogens (tertiary/aromatic N) is 2. The van der Waals surface area contributed by atoms with Gasteiger partial charge in [-0.25, -0.2) is 15.8 Å². The predicted octanol–water partition coefficient (Wildman–Crippen LogP) is 2.16. The second-order valence-corrected chi connectivity index (χ2v) is 4.99. The van der Waals surface area contributed by atoms with Gasteiger partial charge in [-0.15, -0.1) is 0 Å². The van der Waals surface area contributed by atoms with Crippen LogP contribution in [0.5, 0.6) is 0 Å². The number of ether oxygens (including phenoxy) is 1. The third-order valence-corrected chi connectivity index (χ3v) is 2.44. The van der Waals surface area contributed by atoms with Gasteiger partial charge in [-0.3, -0.25) is 0 Å². The average molecular weight is 238 g/mol. The molecule has 5 nitrogen and oxygen atoms in total. The van der Waals surface area contributed by atoms with Gasteiger partial charge in [-0.05, 0) is 13.8 Å². The Morgan fingerprint density at radius 1 is 1.41 bits per heavy atom. The molecule has 1 aromatic rings. The summed E-state index contributed by atoms with van der Waals surface area (Å²) in [7, 11) is 0. The van der Waals surface area contributed by atoms with Gasteiger partial charge in [0.2, 0.25) is 0 Å². The first-order valence-electron chi connectivity index (χ1n) is 5.86. The number of rotatable bonds is 4. The summed E-state index contributed by atoms with van der Waals surface area (Å²) in [5, 5.41) is 0. The fraction of sp³-hybridized carbons (Fsp3) is 0.667. The van der Waals surface area contributed by atoms with Crippen LogP contribution in [0.15, 0.2) is 6.07 Å². The van der Waals surface area contributed by atoms with Crippen LogP contribution in [-0.2, 0) is 10.2 Å². The second kappa shape index (κ2) is 5.42. The minimum atomic E-state index is -0.130. The topological polar surface area (TPSA) is 73.1 Å². The maximum atomic E-state index is 5.50. The minimum Gasteiger partial charge on any atom is -0.371 e. The van der Waals surface area contributed by atoms with E-state index in [1.54, 1.807) is 0 Å². The highest BCUT2D eigenvalue weighted by Crippen LogP contribution is 2.24. The van der Waals surface area contributed by atoms with Crippen molar-refractivity contribution in [3.63, 3.8) is 0 Å². The van der Waals surface area contributed by atoms with Crippen LogP contribution in [0.2, 0.25) is 0 Å². The van der Waals surface area contributed by atoms with Crippen molar-refractivity contribution < 1.29 is 4.74 Å². The smallest absolute Gasteiger partial charge is 0.159 e. The lowest BCUT2D eigenvalue weighted by atomic mass is 9.92. The number of anilines is 1. The molecule has 0 aliphatic rings. The summed E-state index contributed by atoms with van der Waals surface area (Å²) < 4.78 is 5.50. The monoisotopic (exact) mass is 238 g/mol. The molecule has 1 atom stereocenters. The molecule has 17 heavy (non-hydrogen) atoms. The Balaban J connectivity index is 3.14. The predicted molar refractivity (Wildman–Crippen MR) is 68.6 cm³/mol. The molecule has 0 aliphatic heterocycles. The van der Waals surface area contributed by atoms with Crippen LogP contribution in [-0.4, -0.2) is 16.6 Å². The number of aromatic nitrogens is 2. The molecule has 0 radical (unpaired) electrons. The largest absolute Gasteiger partial charge is 0.371 e. The van der Waals surface area contributed by atoms with Crippen molar-refractivity contribution in [1.29, 1.82) is 0 Å². The van der Waals surface area contributed by atoms with Gasteiger partial charge in [0, 0.05) is 18.1 Å². The molecule has 0 spiro atoms. The van der Waals surface area contributed by atoms with Gasteiger partial charge in [0.05, 0.1) is 5.69 Å². The molecule has 0 fully saturated rings. The fourth-order valence-corrected chi connectivity index (χ4v) is 1.43. The van der Waals surface area contributed by atoms with Crippen LogP contribution >= 0.6 is 0 Å². The van der Waals surface area contributed by atoms with E-state index in [0.717, 1.165) is 5.69 Å². The van der Waals surface area contributed by atoms with Crippen LogP contribution in [0.25, 0.3) is 0 Å².